The third kappa shape index (κ3) is 4.37. The van der Waals surface area contributed by atoms with Gasteiger partial charge in [0, 0.05) is 11.4 Å². The van der Waals surface area contributed by atoms with Crippen molar-refractivity contribution in [2.75, 3.05) is 22.2 Å². The number of pyridine rings is 1. The first-order valence-corrected chi connectivity index (χ1v) is 13.1. The molecule has 1 amide bonds. The maximum absolute atomic E-state index is 13.9. The molecule has 198 valence electrons. The number of nitrogens with zero attached hydrogens (tertiary/aromatic N) is 7. The van der Waals surface area contributed by atoms with Crippen LogP contribution in [0.4, 0.5) is 28.8 Å². The number of nitriles is 1. The van der Waals surface area contributed by atoms with Crippen LogP contribution < -0.4 is 19.9 Å². The average molecular weight is 524 g/mol. The van der Waals surface area contributed by atoms with Crippen LogP contribution in [0.25, 0.3) is 11.0 Å². The summed E-state index contributed by atoms with van der Waals surface area (Å²) >= 11 is 0. The first-order valence-electron chi connectivity index (χ1n) is 13.1. The van der Waals surface area contributed by atoms with E-state index in [9.17, 15) is 10.1 Å². The largest absolute Gasteiger partial charge is 0.495 e. The second-order valence-corrected chi connectivity index (χ2v) is 10.2. The van der Waals surface area contributed by atoms with Crippen molar-refractivity contribution < 1.29 is 9.53 Å². The van der Waals surface area contributed by atoms with Gasteiger partial charge in [0.1, 0.15) is 23.5 Å². The van der Waals surface area contributed by atoms with Gasteiger partial charge in [-0.25, -0.2) is 9.97 Å². The number of aromatic nitrogens is 5. The zero-order valence-corrected chi connectivity index (χ0v) is 22.0. The standard InChI is InChI=1S/C28H29N9O2/c1-16-4-6-21(7-5-16)36-17(2)27(38)37(22-8-9-24(39-3)18(11-22)12-29)23-15-31-28(34-26(23)36)33-20-10-19-13-32-35-25(19)30-14-20/h8-11,13-17,21H,4-7H2,1-3H3,(H,30,32,35)(H,31,33,34)/t16?,17-,21?/m1/s1. The van der Waals surface area contributed by atoms with Crippen LogP contribution in [-0.2, 0) is 4.79 Å². The van der Waals surface area contributed by atoms with E-state index >= 15 is 0 Å². The molecule has 1 saturated carbocycles. The smallest absolute Gasteiger partial charge is 0.254 e. The lowest BCUT2D eigenvalue weighted by Gasteiger charge is -2.46. The maximum atomic E-state index is 13.9. The first-order chi connectivity index (χ1) is 19.0. The summed E-state index contributed by atoms with van der Waals surface area (Å²) < 4.78 is 5.32. The molecule has 1 aliphatic heterocycles. The molecule has 2 aliphatic rings. The van der Waals surface area contributed by atoms with E-state index in [1.807, 2.05) is 13.0 Å². The Kier molecular flexibility index (Phi) is 6.23. The molecule has 0 bridgehead atoms. The summed E-state index contributed by atoms with van der Waals surface area (Å²) in [6, 6.07) is 8.99. The Hall–Kier alpha value is -4.72. The number of fused-ring (bicyclic) bond motifs is 2. The molecule has 6 rings (SSSR count). The van der Waals surface area contributed by atoms with Crippen LogP contribution in [0.2, 0.25) is 0 Å². The fourth-order valence-electron chi connectivity index (χ4n) is 5.62. The van der Waals surface area contributed by atoms with Crippen molar-refractivity contribution in [3.8, 4) is 11.8 Å². The Morgan fingerprint density at radius 2 is 1.92 bits per heavy atom. The number of anilines is 5. The fourth-order valence-corrected chi connectivity index (χ4v) is 5.62. The molecule has 1 atom stereocenters. The molecular weight excluding hydrogens is 494 g/mol. The highest BCUT2D eigenvalue weighted by Gasteiger charge is 2.42. The monoisotopic (exact) mass is 523 g/mol. The van der Waals surface area contributed by atoms with Crippen LogP contribution in [0, 0.1) is 17.2 Å². The number of rotatable bonds is 5. The average Bonchev–Trinajstić information content (AvgIpc) is 3.42. The SMILES string of the molecule is COc1ccc(N2C(=O)[C@@H](C)N(C3CCC(C)CC3)c3nc(Nc4cnc5[nH]ncc5c4)ncc32)cc1C#N. The van der Waals surface area contributed by atoms with Crippen molar-refractivity contribution >= 4 is 45.8 Å². The summed E-state index contributed by atoms with van der Waals surface area (Å²) in [6.45, 7) is 4.21. The van der Waals surface area contributed by atoms with Crippen LogP contribution >= 0.6 is 0 Å². The van der Waals surface area contributed by atoms with E-state index in [1.54, 1.807) is 41.7 Å². The number of benzene rings is 1. The van der Waals surface area contributed by atoms with Crippen molar-refractivity contribution in [1.82, 2.24) is 25.1 Å². The van der Waals surface area contributed by atoms with Crippen molar-refractivity contribution in [3.63, 3.8) is 0 Å². The van der Waals surface area contributed by atoms with Crippen LogP contribution in [0.3, 0.4) is 0 Å². The summed E-state index contributed by atoms with van der Waals surface area (Å²) in [5.41, 5.74) is 2.93. The molecule has 0 radical (unpaired) electrons. The zero-order chi connectivity index (χ0) is 27.1. The highest BCUT2D eigenvalue weighted by atomic mass is 16.5. The number of carbonyl (C=O) groups is 1. The van der Waals surface area contributed by atoms with Crippen LogP contribution in [0.15, 0.2) is 42.9 Å². The summed E-state index contributed by atoms with van der Waals surface area (Å²) in [5.74, 6) is 2.13. The van der Waals surface area contributed by atoms with Gasteiger partial charge in [0.2, 0.25) is 5.95 Å². The van der Waals surface area contributed by atoms with E-state index in [1.165, 1.54) is 7.11 Å². The Morgan fingerprint density at radius 1 is 1.10 bits per heavy atom. The van der Waals surface area contributed by atoms with Gasteiger partial charge in [0.25, 0.3) is 5.91 Å². The minimum Gasteiger partial charge on any atom is -0.495 e. The molecular formula is C28H29N9O2. The van der Waals surface area contributed by atoms with Crippen molar-refractivity contribution in [1.29, 1.82) is 5.26 Å². The predicted octanol–water partition coefficient (Wildman–Crippen LogP) is 4.82. The van der Waals surface area contributed by atoms with Gasteiger partial charge in [0.05, 0.1) is 42.6 Å². The molecule has 4 heterocycles. The number of carbonyl (C=O) groups excluding carboxylic acids is 1. The van der Waals surface area contributed by atoms with E-state index in [2.05, 4.69) is 43.4 Å². The van der Waals surface area contributed by atoms with E-state index in [-0.39, 0.29) is 11.9 Å². The molecule has 11 heteroatoms. The molecule has 1 aromatic carbocycles. The molecule has 39 heavy (non-hydrogen) atoms. The van der Waals surface area contributed by atoms with Crippen molar-refractivity contribution in [3.05, 3.63) is 48.4 Å². The van der Waals surface area contributed by atoms with Gasteiger partial charge in [-0.3, -0.25) is 14.8 Å². The predicted molar refractivity (Wildman–Crippen MR) is 147 cm³/mol. The first kappa shape index (κ1) is 24.6. The number of amides is 1. The van der Waals surface area contributed by atoms with Crippen LogP contribution in [-0.4, -0.2) is 50.2 Å². The van der Waals surface area contributed by atoms with E-state index in [0.29, 0.717) is 46.0 Å². The van der Waals surface area contributed by atoms with Gasteiger partial charge in [-0.2, -0.15) is 15.3 Å². The molecule has 1 aliphatic carbocycles. The minimum absolute atomic E-state index is 0.0888. The van der Waals surface area contributed by atoms with Crippen molar-refractivity contribution in [2.24, 2.45) is 5.92 Å². The lowest BCUT2D eigenvalue weighted by molar-refractivity contribution is -0.119. The molecule has 0 unspecified atom stereocenters. The van der Waals surface area contributed by atoms with Gasteiger partial charge < -0.3 is 15.0 Å². The molecule has 0 saturated heterocycles. The third-order valence-corrected chi connectivity index (χ3v) is 7.72. The number of nitrogens with one attached hydrogen (secondary N) is 2. The number of H-pyrrole nitrogens is 1. The maximum Gasteiger partial charge on any atom is 0.254 e. The quantitative estimate of drug-likeness (QED) is 0.377. The second-order valence-electron chi connectivity index (χ2n) is 10.2. The zero-order valence-electron chi connectivity index (χ0n) is 22.0. The molecule has 0 spiro atoms. The minimum atomic E-state index is -0.449. The van der Waals surface area contributed by atoms with Crippen LogP contribution in [0.5, 0.6) is 5.75 Å². The fraction of sp³-hybridized carbons (Fsp3) is 0.357. The van der Waals surface area contributed by atoms with Gasteiger partial charge in [-0.15, -0.1) is 0 Å². The second kappa shape index (κ2) is 9.87. The van der Waals surface area contributed by atoms with Gasteiger partial charge in [-0.05, 0) is 62.8 Å². The van der Waals surface area contributed by atoms with Gasteiger partial charge in [-0.1, -0.05) is 6.92 Å². The van der Waals surface area contributed by atoms with Crippen molar-refractivity contribution in [2.45, 2.75) is 51.6 Å². The third-order valence-electron chi connectivity index (χ3n) is 7.72. The molecule has 4 aromatic rings. The lowest BCUT2D eigenvalue weighted by Crippen LogP contribution is -2.55. The Labute approximate surface area is 225 Å². The van der Waals surface area contributed by atoms with Gasteiger partial charge >= 0.3 is 0 Å². The Morgan fingerprint density at radius 3 is 2.69 bits per heavy atom. The normalized spacial score (nSPS) is 21.0. The summed E-state index contributed by atoms with van der Waals surface area (Å²) in [4.78, 5) is 31.6. The lowest BCUT2D eigenvalue weighted by atomic mass is 9.85. The topological polar surface area (TPSA) is 136 Å². The van der Waals surface area contributed by atoms with E-state index in [4.69, 9.17) is 9.72 Å². The number of hydrogen-bond acceptors (Lipinski definition) is 9. The summed E-state index contributed by atoms with van der Waals surface area (Å²) in [6.07, 6.45) is 9.29. The molecule has 11 nitrogen and oxygen atoms in total. The highest BCUT2D eigenvalue weighted by Crippen LogP contribution is 2.43. The molecule has 3 aromatic heterocycles. The number of methoxy groups -OCH3 is 1. The Balaban J connectivity index is 1.44. The molecule has 2 N–H and O–H groups in total. The molecule has 1 fully saturated rings. The summed E-state index contributed by atoms with van der Waals surface area (Å²) in [7, 11) is 1.52. The number of aromatic amines is 1. The summed E-state index contributed by atoms with van der Waals surface area (Å²) in [5, 5.41) is 20.7. The van der Waals surface area contributed by atoms with Gasteiger partial charge in [0.15, 0.2) is 11.5 Å². The van der Waals surface area contributed by atoms with E-state index < -0.39 is 6.04 Å². The van der Waals surface area contributed by atoms with E-state index in [0.717, 1.165) is 36.8 Å². The Bertz CT molecular complexity index is 1590. The highest BCUT2D eigenvalue weighted by molar-refractivity contribution is 6.10. The number of ether oxygens (including phenoxy) is 1. The number of hydrogen-bond donors (Lipinski definition) is 2. The van der Waals surface area contributed by atoms with Crippen LogP contribution in [0.1, 0.15) is 45.1 Å².